The van der Waals surface area contributed by atoms with Gasteiger partial charge in [0.25, 0.3) is 0 Å². The average molecular weight is 301 g/mol. The summed E-state index contributed by atoms with van der Waals surface area (Å²) in [7, 11) is 3.50. The predicted octanol–water partition coefficient (Wildman–Crippen LogP) is 2.28. The van der Waals surface area contributed by atoms with E-state index in [-0.39, 0.29) is 5.91 Å². The van der Waals surface area contributed by atoms with Crippen LogP contribution in [0.5, 0.6) is 5.75 Å². The van der Waals surface area contributed by atoms with Gasteiger partial charge in [-0.2, -0.15) is 0 Å². The number of amides is 1. The molecule has 0 atom stereocenters. The molecule has 0 aliphatic rings. The van der Waals surface area contributed by atoms with E-state index in [0.717, 1.165) is 4.47 Å². The standard InChI is InChI=1S/C12H17BrN2O2/c1-15(2)12(16)4-3-5-17-11-7-9(13)6-10(14)8-11/h6-8H,3-5,14H2,1-2H3. The maximum Gasteiger partial charge on any atom is 0.222 e. The number of hydrogen-bond acceptors (Lipinski definition) is 3. The predicted molar refractivity (Wildman–Crippen MR) is 72.0 cm³/mol. The van der Waals surface area contributed by atoms with E-state index in [1.165, 1.54) is 0 Å². The zero-order chi connectivity index (χ0) is 12.8. The fourth-order valence-corrected chi connectivity index (χ4v) is 1.79. The molecule has 0 spiro atoms. The van der Waals surface area contributed by atoms with Crippen molar-refractivity contribution < 1.29 is 9.53 Å². The van der Waals surface area contributed by atoms with Crippen molar-refractivity contribution in [1.82, 2.24) is 4.90 Å². The number of halogens is 1. The van der Waals surface area contributed by atoms with Crippen molar-refractivity contribution in [3.05, 3.63) is 22.7 Å². The number of ether oxygens (including phenoxy) is 1. The lowest BCUT2D eigenvalue weighted by Crippen LogP contribution is -2.21. The second-order valence-electron chi connectivity index (χ2n) is 3.96. The van der Waals surface area contributed by atoms with Crippen molar-refractivity contribution in [2.75, 3.05) is 26.4 Å². The molecular weight excluding hydrogens is 284 g/mol. The monoisotopic (exact) mass is 300 g/mol. The molecule has 0 aliphatic carbocycles. The number of rotatable bonds is 5. The van der Waals surface area contributed by atoms with Crippen molar-refractivity contribution in [2.45, 2.75) is 12.8 Å². The van der Waals surface area contributed by atoms with Crippen LogP contribution in [0.1, 0.15) is 12.8 Å². The van der Waals surface area contributed by atoms with Crippen LogP contribution >= 0.6 is 15.9 Å². The zero-order valence-corrected chi connectivity index (χ0v) is 11.7. The average Bonchev–Trinajstić information content (AvgIpc) is 2.22. The lowest BCUT2D eigenvalue weighted by Gasteiger charge is -2.10. The summed E-state index contributed by atoms with van der Waals surface area (Å²) in [5.74, 6) is 0.830. The number of carbonyl (C=O) groups excluding carboxylic acids is 1. The molecule has 0 aromatic heterocycles. The summed E-state index contributed by atoms with van der Waals surface area (Å²) < 4.78 is 6.40. The highest BCUT2D eigenvalue weighted by Gasteiger charge is 2.03. The van der Waals surface area contributed by atoms with Gasteiger partial charge in [-0.25, -0.2) is 0 Å². The van der Waals surface area contributed by atoms with Gasteiger partial charge in [-0.1, -0.05) is 15.9 Å². The van der Waals surface area contributed by atoms with Crippen LogP contribution in [-0.2, 0) is 4.79 Å². The number of nitrogen functional groups attached to an aromatic ring is 1. The van der Waals surface area contributed by atoms with Gasteiger partial charge >= 0.3 is 0 Å². The van der Waals surface area contributed by atoms with Crippen LogP contribution in [0.15, 0.2) is 22.7 Å². The van der Waals surface area contributed by atoms with Gasteiger partial charge in [0.2, 0.25) is 5.91 Å². The van der Waals surface area contributed by atoms with E-state index in [1.807, 2.05) is 12.1 Å². The van der Waals surface area contributed by atoms with E-state index in [1.54, 1.807) is 25.1 Å². The minimum absolute atomic E-state index is 0.113. The lowest BCUT2D eigenvalue weighted by molar-refractivity contribution is -0.128. The molecule has 1 aromatic rings. The maximum atomic E-state index is 11.3. The number of benzene rings is 1. The van der Waals surface area contributed by atoms with Crippen molar-refractivity contribution >= 4 is 27.5 Å². The van der Waals surface area contributed by atoms with Crippen LogP contribution in [0.25, 0.3) is 0 Å². The molecule has 5 heteroatoms. The van der Waals surface area contributed by atoms with Crippen LogP contribution in [0.4, 0.5) is 5.69 Å². The van der Waals surface area contributed by atoms with Crippen LogP contribution in [0.2, 0.25) is 0 Å². The Labute approximate surface area is 110 Å². The Morgan fingerprint density at radius 1 is 1.41 bits per heavy atom. The molecule has 0 heterocycles. The van der Waals surface area contributed by atoms with E-state index < -0.39 is 0 Å². The molecule has 0 saturated carbocycles. The van der Waals surface area contributed by atoms with Crippen LogP contribution in [0, 0.1) is 0 Å². The molecule has 1 rings (SSSR count). The summed E-state index contributed by atoms with van der Waals surface area (Å²) in [6, 6.07) is 5.42. The van der Waals surface area contributed by atoms with E-state index in [2.05, 4.69) is 15.9 Å². The molecule has 17 heavy (non-hydrogen) atoms. The third-order valence-electron chi connectivity index (χ3n) is 2.20. The highest BCUT2D eigenvalue weighted by Crippen LogP contribution is 2.22. The molecule has 1 aromatic carbocycles. The first-order chi connectivity index (χ1) is 7.99. The SMILES string of the molecule is CN(C)C(=O)CCCOc1cc(N)cc(Br)c1. The molecule has 94 valence electrons. The molecule has 0 fully saturated rings. The molecule has 2 N–H and O–H groups in total. The summed E-state index contributed by atoms with van der Waals surface area (Å²) in [5, 5.41) is 0. The molecule has 0 unspecified atom stereocenters. The van der Waals surface area contributed by atoms with Crippen molar-refractivity contribution in [3.63, 3.8) is 0 Å². The van der Waals surface area contributed by atoms with Crippen molar-refractivity contribution in [3.8, 4) is 5.75 Å². The van der Waals surface area contributed by atoms with E-state index in [0.29, 0.717) is 30.9 Å². The Morgan fingerprint density at radius 2 is 2.12 bits per heavy atom. The normalized spacial score (nSPS) is 10.1. The van der Waals surface area contributed by atoms with Gasteiger partial charge in [0, 0.05) is 36.7 Å². The van der Waals surface area contributed by atoms with Crippen LogP contribution < -0.4 is 10.5 Å². The maximum absolute atomic E-state index is 11.3. The summed E-state index contributed by atoms with van der Waals surface area (Å²) in [6.07, 6.45) is 1.19. The first kappa shape index (κ1) is 13.8. The first-order valence-electron chi connectivity index (χ1n) is 5.38. The number of carbonyl (C=O) groups is 1. The second-order valence-corrected chi connectivity index (χ2v) is 4.88. The van der Waals surface area contributed by atoms with Gasteiger partial charge in [-0.05, 0) is 18.6 Å². The summed E-state index contributed by atoms with van der Waals surface area (Å²) in [6.45, 7) is 0.509. The van der Waals surface area contributed by atoms with Crippen molar-refractivity contribution in [1.29, 1.82) is 0 Å². The fraction of sp³-hybridized carbons (Fsp3) is 0.417. The zero-order valence-electron chi connectivity index (χ0n) is 10.1. The first-order valence-corrected chi connectivity index (χ1v) is 6.17. The summed E-state index contributed by atoms with van der Waals surface area (Å²) in [5.41, 5.74) is 6.33. The fourth-order valence-electron chi connectivity index (χ4n) is 1.30. The van der Waals surface area contributed by atoms with E-state index in [9.17, 15) is 4.79 Å². The van der Waals surface area contributed by atoms with Crippen molar-refractivity contribution in [2.24, 2.45) is 0 Å². The van der Waals surface area contributed by atoms with Gasteiger partial charge < -0.3 is 15.4 Å². The molecule has 0 radical (unpaired) electrons. The molecular formula is C12H17BrN2O2. The molecule has 4 nitrogen and oxygen atoms in total. The summed E-state index contributed by atoms with van der Waals surface area (Å²) in [4.78, 5) is 12.9. The molecule has 0 saturated heterocycles. The Kier molecular flexibility index (Phi) is 5.28. The molecule has 0 bridgehead atoms. The quantitative estimate of drug-likeness (QED) is 0.670. The van der Waals surface area contributed by atoms with Gasteiger partial charge in [0.1, 0.15) is 5.75 Å². The number of nitrogens with zero attached hydrogens (tertiary/aromatic N) is 1. The smallest absolute Gasteiger partial charge is 0.222 e. The lowest BCUT2D eigenvalue weighted by atomic mass is 10.3. The van der Waals surface area contributed by atoms with Gasteiger partial charge in [0.15, 0.2) is 0 Å². The Balaban J connectivity index is 2.33. The Bertz CT molecular complexity index is 374. The highest BCUT2D eigenvalue weighted by molar-refractivity contribution is 9.10. The van der Waals surface area contributed by atoms with Gasteiger partial charge in [-0.3, -0.25) is 4.79 Å². The second kappa shape index (κ2) is 6.49. The number of anilines is 1. The topological polar surface area (TPSA) is 55.6 Å². The van der Waals surface area contributed by atoms with Gasteiger partial charge in [0.05, 0.1) is 6.61 Å². The largest absolute Gasteiger partial charge is 0.493 e. The third kappa shape index (κ3) is 5.08. The Hall–Kier alpha value is -1.23. The minimum Gasteiger partial charge on any atom is -0.493 e. The summed E-state index contributed by atoms with van der Waals surface area (Å²) >= 11 is 3.34. The van der Waals surface area contributed by atoms with Crippen LogP contribution in [-0.4, -0.2) is 31.5 Å². The Morgan fingerprint density at radius 3 is 2.71 bits per heavy atom. The number of hydrogen-bond donors (Lipinski definition) is 1. The van der Waals surface area contributed by atoms with E-state index in [4.69, 9.17) is 10.5 Å². The van der Waals surface area contributed by atoms with Gasteiger partial charge in [-0.15, -0.1) is 0 Å². The third-order valence-corrected chi connectivity index (χ3v) is 2.65. The number of nitrogens with two attached hydrogens (primary N) is 1. The van der Waals surface area contributed by atoms with Crippen LogP contribution in [0.3, 0.4) is 0 Å². The molecule has 0 aliphatic heterocycles. The minimum atomic E-state index is 0.113. The highest BCUT2D eigenvalue weighted by atomic mass is 79.9. The molecule has 1 amide bonds. The van der Waals surface area contributed by atoms with E-state index >= 15 is 0 Å².